The molecule has 0 spiro atoms. The number of carbonyl (C=O) groups excluding carboxylic acids is 1. The summed E-state index contributed by atoms with van der Waals surface area (Å²) >= 11 is 3.32. The Balaban J connectivity index is 2.56. The molecule has 72 valence electrons. The second-order valence-corrected chi connectivity index (χ2v) is 3.64. The Morgan fingerprint density at radius 2 is 2.36 bits per heavy atom. The van der Waals surface area contributed by atoms with Gasteiger partial charge in [-0.25, -0.2) is 10.8 Å². The third-order valence-corrected chi connectivity index (χ3v) is 2.28. The molecule has 0 aliphatic rings. The summed E-state index contributed by atoms with van der Waals surface area (Å²) in [6.07, 6.45) is 0. The minimum absolute atomic E-state index is 0.209. The molecule has 0 aliphatic heterocycles. The number of nitrogens with zero attached hydrogens (tertiary/aromatic N) is 1. The van der Waals surface area contributed by atoms with E-state index in [0.29, 0.717) is 0 Å². The van der Waals surface area contributed by atoms with Crippen LogP contribution in [0.25, 0.3) is 11.0 Å². The highest BCUT2D eigenvalue weighted by atomic mass is 79.9. The van der Waals surface area contributed by atoms with E-state index in [1.807, 2.05) is 23.6 Å². The maximum atomic E-state index is 11.1. The van der Waals surface area contributed by atoms with Crippen molar-refractivity contribution in [1.29, 1.82) is 0 Å². The molecule has 1 heterocycles. The van der Waals surface area contributed by atoms with Gasteiger partial charge in [0.05, 0.1) is 11.0 Å². The highest BCUT2D eigenvalue weighted by Gasteiger charge is 2.09. The summed E-state index contributed by atoms with van der Waals surface area (Å²) in [5.41, 5.74) is 3.53. The van der Waals surface area contributed by atoms with E-state index in [9.17, 15) is 4.79 Å². The Bertz CT molecular complexity index is 493. The predicted molar refractivity (Wildman–Crippen MR) is 55.4 cm³/mol. The first kappa shape index (κ1) is 9.17. The molecule has 0 saturated carbocycles. The fourth-order valence-electron chi connectivity index (χ4n) is 1.15. The lowest BCUT2D eigenvalue weighted by molar-refractivity contribution is 0.0944. The van der Waals surface area contributed by atoms with Gasteiger partial charge in [0.15, 0.2) is 5.82 Å². The van der Waals surface area contributed by atoms with Crippen LogP contribution < -0.4 is 11.3 Å². The Kier molecular flexibility index (Phi) is 2.22. The molecular weight excluding hydrogens is 248 g/mol. The summed E-state index contributed by atoms with van der Waals surface area (Å²) in [6.45, 7) is 0. The number of H-pyrrole nitrogens is 1. The Morgan fingerprint density at radius 1 is 1.57 bits per heavy atom. The number of amides is 1. The largest absolute Gasteiger partial charge is 0.334 e. The predicted octanol–water partition coefficient (Wildman–Crippen LogP) is 0.929. The summed E-state index contributed by atoms with van der Waals surface area (Å²) in [4.78, 5) is 18.0. The summed E-state index contributed by atoms with van der Waals surface area (Å²) < 4.78 is 0.913. The number of hydrogen-bond donors (Lipinski definition) is 3. The maximum Gasteiger partial charge on any atom is 0.300 e. The number of benzene rings is 1. The molecule has 6 heteroatoms. The minimum atomic E-state index is -0.433. The lowest BCUT2D eigenvalue weighted by Gasteiger charge is -1.90. The Morgan fingerprint density at radius 3 is 3.07 bits per heavy atom. The van der Waals surface area contributed by atoms with Crippen molar-refractivity contribution < 1.29 is 4.79 Å². The first-order chi connectivity index (χ1) is 6.70. The number of aromatic amines is 1. The number of nitrogens with one attached hydrogen (secondary N) is 2. The molecule has 2 rings (SSSR count). The van der Waals surface area contributed by atoms with E-state index in [1.165, 1.54) is 0 Å². The van der Waals surface area contributed by atoms with Crippen molar-refractivity contribution in [2.75, 3.05) is 0 Å². The smallest absolute Gasteiger partial charge is 0.300 e. The van der Waals surface area contributed by atoms with Gasteiger partial charge in [-0.2, -0.15) is 0 Å². The van der Waals surface area contributed by atoms with Crippen LogP contribution >= 0.6 is 15.9 Å². The van der Waals surface area contributed by atoms with Crippen molar-refractivity contribution in [2.45, 2.75) is 0 Å². The van der Waals surface area contributed by atoms with E-state index in [-0.39, 0.29) is 5.82 Å². The number of hydrazine groups is 1. The molecule has 0 fully saturated rings. The lowest BCUT2D eigenvalue weighted by atomic mass is 10.3. The average Bonchev–Trinajstić information content (AvgIpc) is 2.59. The van der Waals surface area contributed by atoms with Gasteiger partial charge in [-0.15, -0.1) is 0 Å². The molecule has 1 amide bonds. The summed E-state index contributed by atoms with van der Waals surface area (Å²) in [5, 5.41) is 0. The lowest BCUT2D eigenvalue weighted by Crippen LogP contribution is -2.30. The fraction of sp³-hybridized carbons (Fsp3) is 0. The van der Waals surface area contributed by atoms with Gasteiger partial charge in [-0.1, -0.05) is 15.9 Å². The van der Waals surface area contributed by atoms with Crippen LogP contribution in [0.1, 0.15) is 10.6 Å². The first-order valence-corrected chi connectivity index (χ1v) is 4.66. The quantitative estimate of drug-likeness (QED) is 0.402. The number of aromatic nitrogens is 2. The monoisotopic (exact) mass is 254 g/mol. The second kappa shape index (κ2) is 3.39. The molecule has 4 N–H and O–H groups in total. The van der Waals surface area contributed by atoms with Crippen molar-refractivity contribution in [2.24, 2.45) is 5.84 Å². The number of rotatable bonds is 1. The zero-order chi connectivity index (χ0) is 10.1. The third-order valence-electron chi connectivity index (χ3n) is 1.79. The summed E-state index contributed by atoms with van der Waals surface area (Å²) in [6, 6.07) is 5.52. The number of fused-ring (bicyclic) bond motifs is 1. The van der Waals surface area contributed by atoms with E-state index in [2.05, 4.69) is 25.9 Å². The van der Waals surface area contributed by atoms with Gasteiger partial charge in [0.2, 0.25) is 0 Å². The van der Waals surface area contributed by atoms with E-state index in [1.54, 1.807) is 0 Å². The minimum Gasteiger partial charge on any atom is -0.334 e. The zero-order valence-electron chi connectivity index (χ0n) is 7.04. The molecular formula is C8H7BrN4O. The van der Waals surface area contributed by atoms with Crippen LogP contribution in [0, 0.1) is 0 Å². The van der Waals surface area contributed by atoms with Crippen LogP contribution in [0.2, 0.25) is 0 Å². The van der Waals surface area contributed by atoms with Crippen molar-refractivity contribution in [3.05, 3.63) is 28.5 Å². The highest BCUT2D eigenvalue weighted by molar-refractivity contribution is 9.10. The van der Waals surface area contributed by atoms with Crippen LogP contribution in [0.4, 0.5) is 0 Å². The van der Waals surface area contributed by atoms with E-state index in [4.69, 9.17) is 5.84 Å². The maximum absolute atomic E-state index is 11.1. The van der Waals surface area contributed by atoms with E-state index >= 15 is 0 Å². The molecule has 5 nitrogen and oxygen atoms in total. The van der Waals surface area contributed by atoms with Crippen LogP contribution in [-0.2, 0) is 0 Å². The molecule has 14 heavy (non-hydrogen) atoms. The van der Waals surface area contributed by atoms with Crippen molar-refractivity contribution in [3.63, 3.8) is 0 Å². The van der Waals surface area contributed by atoms with Crippen LogP contribution in [0.5, 0.6) is 0 Å². The van der Waals surface area contributed by atoms with Crippen LogP contribution in [0.15, 0.2) is 22.7 Å². The van der Waals surface area contributed by atoms with Gasteiger partial charge in [-0.3, -0.25) is 10.2 Å². The molecule has 0 bridgehead atoms. The SMILES string of the molecule is NNC(=O)c1nc2cc(Br)ccc2[nH]1. The Labute approximate surface area is 87.8 Å². The van der Waals surface area contributed by atoms with Crippen molar-refractivity contribution in [1.82, 2.24) is 15.4 Å². The fourth-order valence-corrected chi connectivity index (χ4v) is 1.50. The van der Waals surface area contributed by atoms with Gasteiger partial charge >= 0.3 is 5.91 Å². The summed E-state index contributed by atoms with van der Waals surface area (Å²) in [7, 11) is 0. The number of halogens is 1. The molecule has 0 atom stereocenters. The number of hydrogen-bond acceptors (Lipinski definition) is 3. The highest BCUT2D eigenvalue weighted by Crippen LogP contribution is 2.17. The summed E-state index contributed by atoms with van der Waals surface area (Å²) in [5.74, 6) is 4.76. The number of nitrogen functional groups attached to an aromatic ring is 1. The van der Waals surface area contributed by atoms with Crippen LogP contribution in [-0.4, -0.2) is 15.9 Å². The molecule has 1 aromatic carbocycles. The molecule has 0 unspecified atom stereocenters. The second-order valence-electron chi connectivity index (χ2n) is 2.72. The third kappa shape index (κ3) is 1.49. The average molecular weight is 255 g/mol. The van der Waals surface area contributed by atoms with Crippen molar-refractivity contribution in [3.8, 4) is 0 Å². The van der Waals surface area contributed by atoms with Crippen LogP contribution in [0.3, 0.4) is 0 Å². The number of imidazole rings is 1. The number of nitrogens with two attached hydrogens (primary N) is 1. The molecule has 1 aromatic heterocycles. The molecule has 0 radical (unpaired) electrons. The first-order valence-electron chi connectivity index (χ1n) is 3.87. The molecule has 2 aromatic rings. The Hall–Kier alpha value is -1.40. The van der Waals surface area contributed by atoms with Crippen molar-refractivity contribution >= 4 is 32.9 Å². The number of carbonyl (C=O) groups is 1. The topological polar surface area (TPSA) is 83.8 Å². The van der Waals surface area contributed by atoms with E-state index < -0.39 is 5.91 Å². The van der Waals surface area contributed by atoms with Gasteiger partial charge < -0.3 is 4.98 Å². The van der Waals surface area contributed by atoms with Gasteiger partial charge in [0, 0.05) is 4.47 Å². The van der Waals surface area contributed by atoms with Gasteiger partial charge in [-0.05, 0) is 18.2 Å². The molecule has 0 aliphatic carbocycles. The van der Waals surface area contributed by atoms with Gasteiger partial charge in [0.25, 0.3) is 0 Å². The normalized spacial score (nSPS) is 10.4. The van der Waals surface area contributed by atoms with E-state index in [0.717, 1.165) is 15.5 Å². The molecule has 0 saturated heterocycles. The standard InChI is InChI=1S/C8H7BrN4O/c9-4-1-2-5-6(3-4)12-7(11-5)8(14)13-10/h1-3H,10H2,(H,11,12)(H,13,14). The zero-order valence-corrected chi connectivity index (χ0v) is 8.63. The van der Waals surface area contributed by atoms with Gasteiger partial charge in [0.1, 0.15) is 0 Å².